The van der Waals surface area contributed by atoms with Gasteiger partial charge in [-0.05, 0) is 38.0 Å². The maximum absolute atomic E-state index is 12.9. The molecule has 1 amide bonds. The molecular weight excluding hydrogens is 336 g/mol. The first-order chi connectivity index (χ1) is 12.3. The van der Waals surface area contributed by atoms with E-state index in [4.69, 9.17) is 9.15 Å². The third-order valence-corrected chi connectivity index (χ3v) is 4.44. The van der Waals surface area contributed by atoms with Crippen LogP contribution in [0.4, 0.5) is 0 Å². The molecular formula is C19H24N2O5. The van der Waals surface area contributed by atoms with Crippen molar-refractivity contribution >= 4 is 17.7 Å². The van der Waals surface area contributed by atoms with Gasteiger partial charge in [-0.15, -0.1) is 0 Å². The molecule has 0 aliphatic rings. The van der Waals surface area contributed by atoms with Crippen LogP contribution in [0.1, 0.15) is 56.0 Å². The lowest BCUT2D eigenvalue weighted by molar-refractivity contribution is 0.0588. The van der Waals surface area contributed by atoms with Gasteiger partial charge in [0.1, 0.15) is 5.69 Å². The molecule has 0 aliphatic carbocycles. The monoisotopic (exact) mass is 360 g/mol. The molecule has 7 nitrogen and oxygen atoms in total. The van der Waals surface area contributed by atoms with E-state index in [0.29, 0.717) is 35.5 Å². The smallest absolute Gasteiger partial charge is 0.354 e. The Morgan fingerprint density at radius 1 is 1.27 bits per heavy atom. The summed E-state index contributed by atoms with van der Waals surface area (Å²) < 4.78 is 11.6. The summed E-state index contributed by atoms with van der Waals surface area (Å²) in [5.74, 6) is -0.851. The number of carbonyl (C=O) groups excluding carboxylic acids is 3. The molecule has 0 unspecified atom stereocenters. The number of aromatic nitrogens is 1. The molecule has 0 atom stereocenters. The molecule has 0 radical (unpaired) electrons. The van der Waals surface area contributed by atoms with E-state index < -0.39 is 5.97 Å². The number of methoxy groups -OCH3 is 1. The molecule has 2 heterocycles. The molecule has 0 fully saturated rings. The van der Waals surface area contributed by atoms with Gasteiger partial charge < -0.3 is 18.6 Å². The van der Waals surface area contributed by atoms with Crippen LogP contribution in [0, 0.1) is 13.8 Å². The minimum absolute atomic E-state index is 0.0837. The van der Waals surface area contributed by atoms with Gasteiger partial charge in [0, 0.05) is 24.8 Å². The Balaban J connectivity index is 2.33. The maximum atomic E-state index is 12.9. The highest BCUT2D eigenvalue weighted by atomic mass is 16.5. The normalized spacial score (nSPS) is 10.7. The van der Waals surface area contributed by atoms with Crippen molar-refractivity contribution in [2.24, 2.45) is 7.05 Å². The molecule has 2 aromatic heterocycles. The van der Waals surface area contributed by atoms with Crippen molar-refractivity contribution < 1.29 is 23.5 Å². The number of hydrogen-bond acceptors (Lipinski definition) is 5. The van der Waals surface area contributed by atoms with Gasteiger partial charge in [-0.3, -0.25) is 9.59 Å². The first-order valence-electron chi connectivity index (χ1n) is 8.43. The van der Waals surface area contributed by atoms with Crippen molar-refractivity contribution in [3.05, 3.63) is 46.7 Å². The Kier molecular flexibility index (Phi) is 6.02. The molecule has 0 bridgehead atoms. The van der Waals surface area contributed by atoms with Crippen LogP contribution < -0.4 is 0 Å². The van der Waals surface area contributed by atoms with E-state index in [1.165, 1.54) is 18.3 Å². The molecule has 26 heavy (non-hydrogen) atoms. The topological polar surface area (TPSA) is 81.8 Å². The number of hydrogen-bond donors (Lipinski definition) is 0. The van der Waals surface area contributed by atoms with Gasteiger partial charge >= 0.3 is 5.97 Å². The molecule has 0 saturated carbocycles. The molecule has 2 aromatic rings. The van der Waals surface area contributed by atoms with Crippen molar-refractivity contribution in [3.8, 4) is 0 Å². The summed E-state index contributed by atoms with van der Waals surface area (Å²) in [6.07, 6.45) is 2.13. The fourth-order valence-corrected chi connectivity index (χ4v) is 3.11. The van der Waals surface area contributed by atoms with Crippen molar-refractivity contribution in [1.29, 1.82) is 0 Å². The Morgan fingerprint density at radius 3 is 2.50 bits per heavy atom. The second kappa shape index (κ2) is 8.03. The summed E-state index contributed by atoms with van der Waals surface area (Å²) in [6, 6.07) is 3.21. The van der Waals surface area contributed by atoms with E-state index in [2.05, 4.69) is 0 Å². The van der Waals surface area contributed by atoms with Crippen molar-refractivity contribution in [2.45, 2.75) is 27.2 Å². The average Bonchev–Trinajstić information content (AvgIpc) is 3.21. The number of carbonyl (C=O) groups is 3. The third-order valence-electron chi connectivity index (χ3n) is 4.44. The van der Waals surface area contributed by atoms with Gasteiger partial charge in [0.25, 0.3) is 5.91 Å². The molecule has 0 N–H and O–H groups in total. The van der Waals surface area contributed by atoms with Gasteiger partial charge in [0.15, 0.2) is 11.5 Å². The molecule has 0 saturated heterocycles. The Morgan fingerprint density at radius 2 is 1.96 bits per heavy atom. The van der Waals surface area contributed by atoms with Crippen LogP contribution in [0.5, 0.6) is 0 Å². The predicted molar refractivity (Wildman–Crippen MR) is 95.5 cm³/mol. The zero-order chi connectivity index (χ0) is 19.4. The van der Waals surface area contributed by atoms with Crippen LogP contribution in [0.2, 0.25) is 0 Å². The SMILES string of the molecule is CCCN(CC(=O)c1c(C)c(C(=O)OC)n(C)c1C)C(=O)c1ccco1. The third kappa shape index (κ3) is 3.56. The second-order valence-electron chi connectivity index (χ2n) is 6.11. The van der Waals surface area contributed by atoms with E-state index in [1.807, 2.05) is 6.92 Å². The minimum Gasteiger partial charge on any atom is -0.464 e. The molecule has 0 aliphatic heterocycles. The summed E-state index contributed by atoms with van der Waals surface area (Å²) in [5, 5.41) is 0. The van der Waals surface area contributed by atoms with Gasteiger partial charge in [0.05, 0.1) is 19.9 Å². The lowest BCUT2D eigenvalue weighted by Crippen LogP contribution is -2.36. The van der Waals surface area contributed by atoms with Crippen molar-refractivity contribution in [2.75, 3.05) is 20.2 Å². The summed E-state index contributed by atoms with van der Waals surface area (Å²) in [7, 11) is 3.01. The second-order valence-corrected chi connectivity index (χ2v) is 6.11. The van der Waals surface area contributed by atoms with Crippen LogP contribution in [0.15, 0.2) is 22.8 Å². The minimum atomic E-state index is -0.496. The number of furan rings is 1. The van der Waals surface area contributed by atoms with Crippen molar-refractivity contribution in [3.63, 3.8) is 0 Å². The molecule has 7 heteroatoms. The number of esters is 1. The highest BCUT2D eigenvalue weighted by Gasteiger charge is 2.28. The van der Waals surface area contributed by atoms with Crippen LogP contribution in [0.25, 0.3) is 0 Å². The highest BCUT2D eigenvalue weighted by molar-refractivity contribution is 6.05. The average molecular weight is 360 g/mol. The lowest BCUT2D eigenvalue weighted by atomic mass is 10.0. The number of ketones is 1. The molecule has 0 spiro atoms. The summed E-state index contributed by atoms with van der Waals surface area (Å²) in [4.78, 5) is 39.0. The summed E-state index contributed by atoms with van der Waals surface area (Å²) in [6.45, 7) is 5.76. The fraction of sp³-hybridized carbons (Fsp3) is 0.421. The van der Waals surface area contributed by atoms with E-state index in [1.54, 1.807) is 37.6 Å². The summed E-state index contributed by atoms with van der Waals surface area (Å²) in [5.41, 5.74) is 2.01. The zero-order valence-electron chi connectivity index (χ0n) is 15.8. The van der Waals surface area contributed by atoms with E-state index in [9.17, 15) is 14.4 Å². The lowest BCUT2D eigenvalue weighted by Gasteiger charge is -2.20. The van der Waals surface area contributed by atoms with Crippen LogP contribution in [-0.4, -0.2) is 47.3 Å². The maximum Gasteiger partial charge on any atom is 0.354 e. The Bertz CT molecular complexity index is 818. The van der Waals surface area contributed by atoms with Crippen LogP contribution >= 0.6 is 0 Å². The quantitative estimate of drug-likeness (QED) is 0.560. The number of amides is 1. The molecule has 140 valence electrons. The Hall–Kier alpha value is -2.83. The molecule has 2 rings (SSSR count). The number of nitrogens with zero attached hydrogens (tertiary/aromatic N) is 2. The first kappa shape index (κ1) is 19.5. The largest absolute Gasteiger partial charge is 0.464 e. The highest BCUT2D eigenvalue weighted by Crippen LogP contribution is 2.23. The zero-order valence-corrected chi connectivity index (χ0v) is 15.8. The van der Waals surface area contributed by atoms with Crippen LogP contribution in [-0.2, 0) is 11.8 Å². The number of Topliss-reactive ketones (excluding diaryl/α,β-unsaturated/α-hetero) is 1. The van der Waals surface area contributed by atoms with Gasteiger partial charge in [0.2, 0.25) is 0 Å². The number of rotatable bonds is 7. The first-order valence-corrected chi connectivity index (χ1v) is 8.43. The van der Waals surface area contributed by atoms with Crippen LogP contribution in [0.3, 0.4) is 0 Å². The van der Waals surface area contributed by atoms with E-state index >= 15 is 0 Å². The van der Waals surface area contributed by atoms with Gasteiger partial charge in [-0.2, -0.15) is 0 Å². The van der Waals surface area contributed by atoms with E-state index in [0.717, 1.165) is 0 Å². The number of ether oxygens (including phenoxy) is 1. The predicted octanol–water partition coefficient (Wildman–Crippen LogP) is 2.76. The van der Waals surface area contributed by atoms with Gasteiger partial charge in [-0.1, -0.05) is 6.92 Å². The Labute approximate surface area is 152 Å². The summed E-state index contributed by atoms with van der Waals surface area (Å²) >= 11 is 0. The van der Waals surface area contributed by atoms with E-state index in [-0.39, 0.29) is 24.0 Å². The molecule has 0 aromatic carbocycles. The van der Waals surface area contributed by atoms with Crippen molar-refractivity contribution in [1.82, 2.24) is 9.47 Å². The van der Waals surface area contributed by atoms with Gasteiger partial charge in [-0.25, -0.2) is 4.79 Å². The fourth-order valence-electron chi connectivity index (χ4n) is 3.11. The standard InChI is InChI=1S/C19H24N2O5/c1-6-9-21(18(23)15-8-7-10-26-15)11-14(22)16-12(2)17(19(24)25-5)20(4)13(16)3/h7-8,10H,6,9,11H2,1-5H3.